The van der Waals surface area contributed by atoms with Gasteiger partial charge >= 0.3 is 11.2 Å². The minimum atomic E-state index is -5.13. The van der Waals surface area contributed by atoms with Crippen molar-refractivity contribution in [3.8, 4) is 0 Å². The molecule has 10 heteroatoms. The molecule has 1 aromatic carbocycles. The van der Waals surface area contributed by atoms with Crippen molar-refractivity contribution < 1.29 is 26.7 Å². The summed E-state index contributed by atoms with van der Waals surface area (Å²) >= 11 is 5.25. The molecule has 0 aliphatic carbocycles. The molecule has 0 aliphatic heterocycles. The average Bonchev–Trinajstić information content (AvgIpc) is 2.14. The first-order chi connectivity index (χ1) is 7.64. The molecule has 0 spiro atoms. The van der Waals surface area contributed by atoms with Crippen LogP contribution in [0.2, 0.25) is 5.02 Å². The summed E-state index contributed by atoms with van der Waals surface area (Å²) in [6.07, 6.45) is 0. The van der Waals surface area contributed by atoms with Gasteiger partial charge in [-0.15, -0.1) is 0 Å². The minimum Gasteiger partial charge on any atom is -0.258 e. The van der Waals surface area contributed by atoms with Crippen LogP contribution in [-0.2, 0) is 10.8 Å². The molecule has 0 aliphatic rings. The molecular weight excluding hydrogens is 290 g/mol. The number of hydrogen-bond acceptors (Lipinski definition) is 3. The molecule has 94 valence electrons. The van der Waals surface area contributed by atoms with Crippen LogP contribution < -0.4 is 0 Å². The molecule has 1 rings (SSSR count). The van der Waals surface area contributed by atoms with Crippen LogP contribution in [0.5, 0.6) is 0 Å². The number of hydrogen-bond donors (Lipinski definition) is 0. The highest BCUT2D eigenvalue weighted by Crippen LogP contribution is 2.34. The first-order valence-electron chi connectivity index (χ1n) is 3.76. The van der Waals surface area contributed by atoms with Gasteiger partial charge in [0.25, 0.3) is 0 Å². The summed E-state index contributed by atoms with van der Waals surface area (Å²) < 4.78 is 60.2. The van der Waals surface area contributed by atoms with Gasteiger partial charge < -0.3 is 0 Å². The van der Waals surface area contributed by atoms with E-state index in [1.807, 2.05) is 0 Å². The largest absolute Gasteiger partial charge is 0.475 e. The zero-order chi connectivity index (χ0) is 13.4. The summed E-state index contributed by atoms with van der Waals surface area (Å²) in [6.45, 7) is 0. The number of nitrogens with zero attached hydrogens (tertiary/aromatic N) is 1. The predicted octanol–water partition coefficient (Wildman–Crippen LogP) is 3.01. The van der Waals surface area contributed by atoms with Gasteiger partial charge in [-0.2, -0.15) is 17.6 Å². The maximum atomic E-state index is 12.9. The maximum absolute atomic E-state index is 12.9. The third-order valence-corrected chi connectivity index (χ3v) is 3.19. The Hall–Kier alpha value is -1.22. The van der Waals surface area contributed by atoms with E-state index in [-0.39, 0.29) is 6.07 Å². The number of halogens is 5. The van der Waals surface area contributed by atoms with Gasteiger partial charge in [0.05, 0.1) is 14.8 Å². The number of benzene rings is 1. The molecule has 1 aromatic rings. The Labute approximate surface area is 98.8 Å². The van der Waals surface area contributed by atoms with E-state index < -0.39 is 42.7 Å². The molecule has 0 radical (unpaired) electrons. The second-order valence-corrected chi connectivity index (χ2v) is 4.55. The normalized spacial score (nSPS) is 13.5. The minimum absolute atomic E-state index is 0.210. The van der Waals surface area contributed by atoms with E-state index in [9.17, 15) is 31.9 Å². The Balaban J connectivity index is 3.40. The van der Waals surface area contributed by atoms with Crippen LogP contribution in [0, 0.1) is 15.9 Å². The smallest absolute Gasteiger partial charge is 0.258 e. The van der Waals surface area contributed by atoms with E-state index in [4.69, 9.17) is 11.6 Å². The Morgan fingerprint density at radius 1 is 1.35 bits per heavy atom. The molecule has 0 saturated heterocycles. The highest BCUT2D eigenvalue weighted by molar-refractivity contribution is 7.86. The topological polar surface area (TPSA) is 60.2 Å². The monoisotopic (exact) mass is 291 g/mol. The number of nitro benzene ring substituents is 1. The zero-order valence-corrected chi connectivity index (χ0v) is 9.20. The molecule has 0 saturated carbocycles. The highest BCUT2D eigenvalue weighted by Gasteiger charge is 2.40. The lowest BCUT2D eigenvalue weighted by Gasteiger charge is -2.07. The van der Waals surface area contributed by atoms with Gasteiger partial charge in [-0.1, -0.05) is 11.6 Å². The summed E-state index contributed by atoms with van der Waals surface area (Å²) in [5.41, 5.74) is -6.35. The standard InChI is InChI=1S/C7H2ClF4NO3S/c8-3-1-4(9)5(13(14)15)2-6(3)17(16)7(10,11)12/h1-2H. The summed E-state index contributed by atoms with van der Waals surface area (Å²) in [6, 6.07) is 0.528. The molecule has 4 nitrogen and oxygen atoms in total. The Bertz CT molecular complexity index is 505. The summed E-state index contributed by atoms with van der Waals surface area (Å²) in [5, 5.41) is 9.51. The van der Waals surface area contributed by atoms with Crippen LogP contribution >= 0.6 is 11.6 Å². The Morgan fingerprint density at radius 3 is 2.29 bits per heavy atom. The summed E-state index contributed by atoms with van der Waals surface area (Å²) in [7, 11) is -3.55. The van der Waals surface area contributed by atoms with Gasteiger partial charge in [-0.05, 0) is 0 Å². The van der Waals surface area contributed by atoms with Crippen molar-refractivity contribution in [2.45, 2.75) is 10.4 Å². The Kier molecular flexibility index (Phi) is 3.72. The first-order valence-corrected chi connectivity index (χ1v) is 5.29. The van der Waals surface area contributed by atoms with E-state index in [0.29, 0.717) is 6.07 Å². The van der Waals surface area contributed by atoms with Crippen LogP contribution in [0.4, 0.5) is 23.2 Å². The third kappa shape index (κ3) is 2.91. The summed E-state index contributed by atoms with van der Waals surface area (Å²) in [4.78, 5) is 8.02. The predicted molar refractivity (Wildman–Crippen MR) is 50.5 cm³/mol. The third-order valence-electron chi connectivity index (χ3n) is 1.61. The van der Waals surface area contributed by atoms with E-state index in [1.165, 1.54) is 0 Å². The van der Waals surface area contributed by atoms with Gasteiger partial charge in [0.15, 0.2) is 10.8 Å². The fraction of sp³-hybridized carbons (Fsp3) is 0.143. The lowest BCUT2D eigenvalue weighted by molar-refractivity contribution is -0.387. The second kappa shape index (κ2) is 4.57. The van der Waals surface area contributed by atoms with E-state index >= 15 is 0 Å². The van der Waals surface area contributed by atoms with Gasteiger partial charge in [-0.25, -0.2) is 4.21 Å². The van der Waals surface area contributed by atoms with Crippen LogP contribution in [0.25, 0.3) is 0 Å². The second-order valence-electron chi connectivity index (χ2n) is 2.71. The molecule has 0 heterocycles. The van der Waals surface area contributed by atoms with Crippen molar-refractivity contribution in [2.24, 2.45) is 0 Å². The Morgan fingerprint density at radius 2 is 1.88 bits per heavy atom. The fourth-order valence-corrected chi connectivity index (χ4v) is 1.99. The maximum Gasteiger partial charge on any atom is 0.475 e. The number of alkyl halides is 3. The number of rotatable bonds is 2. The summed E-state index contributed by atoms with van der Waals surface area (Å²) in [5.74, 6) is -1.40. The molecule has 1 unspecified atom stereocenters. The SMILES string of the molecule is O=[N+]([O-])c1cc(S(=O)C(F)(F)F)c(Cl)cc1F. The average molecular weight is 292 g/mol. The molecule has 1 atom stereocenters. The molecule has 0 fully saturated rings. The molecule has 0 bridgehead atoms. The molecule has 17 heavy (non-hydrogen) atoms. The van der Waals surface area contributed by atoms with E-state index in [2.05, 4.69) is 0 Å². The number of nitro groups is 1. The van der Waals surface area contributed by atoms with E-state index in [1.54, 1.807) is 0 Å². The molecule has 0 amide bonds. The van der Waals surface area contributed by atoms with Crippen LogP contribution in [0.1, 0.15) is 0 Å². The van der Waals surface area contributed by atoms with E-state index in [0.717, 1.165) is 0 Å². The highest BCUT2D eigenvalue weighted by atomic mass is 35.5. The van der Waals surface area contributed by atoms with Crippen molar-refractivity contribution >= 4 is 28.1 Å². The van der Waals surface area contributed by atoms with Crippen molar-refractivity contribution in [3.05, 3.63) is 33.1 Å². The van der Waals surface area contributed by atoms with Gasteiger partial charge in [0.2, 0.25) is 5.82 Å². The van der Waals surface area contributed by atoms with Crippen LogP contribution in [0.3, 0.4) is 0 Å². The van der Waals surface area contributed by atoms with Crippen LogP contribution in [-0.4, -0.2) is 14.6 Å². The fourth-order valence-electron chi connectivity index (χ4n) is 0.925. The van der Waals surface area contributed by atoms with Crippen LogP contribution in [0.15, 0.2) is 17.0 Å². The van der Waals surface area contributed by atoms with Gasteiger partial charge in [-0.3, -0.25) is 10.1 Å². The first kappa shape index (κ1) is 13.8. The quantitative estimate of drug-likeness (QED) is 0.478. The van der Waals surface area contributed by atoms with Gasteiger partial charge in [0, 0.05) is 12.1 Å². The zero-order valence-electron chi connectivity index (χ0n) is 7.62. The van der Waals surface area contributed by atoms with Crippen molar-refractivity contribution in [1.82, 2.24) is 0 Å². The van der Waals surface area contributed by atoms with Gasteiger partial charge in [0.1, 0.15) is 0 Å². The lowest BCUT2D eigenvalue weighted by Crippen LogP contribution is -2.17. The lowest BCUT2D eigenvalue weighted by atomic mass is 10.3. The molecule has 0 aromatic heterocycles. The van der Waals surface area contributed by atoms with Crippen molar-refractivity contribution in [1.29, 1.82) is 0 Å². The molecular formula is C7H2ClF4NO3S. The van der Waals surface area contributed by atoms with Crippen molar-refractivity contribution in [2.75, 3.05) is 0 Å². The molecule has 0 N–H and O–H groups in total. The van der Waals surface area contributed by atoms with Crippen molar-refractivity contribution in [3.63, 3.8) is 0 Å².